The lowest BCUT2D eigenvalue weighted by Crippen LogP contribution is -2.39. The zero-order valence-corrected chi connectivity index (χ0v) is 7.68. The van der Waals surface area contributed by atoms with Crippen LogP contribution in [0.15, 0.2) is 11.8 Å². The summed E-state index contributed by atoms with van der Waals surface area (Å²) in [5.74, 6) is 0.928. The van der Waals surface area contributed by atoms with E-state index in [2.05, 4.69) is 13.8 Å². The van der Waals surface area contributed by atoms with E-state index >= 15 is 0 Å². The van der Waals surface area contributed by atoms with Gasteiger partial charge in [-0.2, -0.15) is 0 Å². The molecular weight excluding hydrogens is 140 g/mol. The Balaban J connectivity index is 2.68. The third kappa shape index (κ3) is 1.74. The van der Waals surface area contributed by atoms with Crippen molar-refractivity contribution in [3.05, 3.63) is 11.8 Å². The van der Waals surface area contributed by atoms with Gasteiger partial charge in [-0.05, 0) is 13.0 Å². The Hall–Kier alpha value is -0.500. The Morgan fingerprint density at radius 2 is 2.18 bits per heavy atom. The summed E-state index contributed by atoms with van der Waals surface area (Å²) in [6, 6.07) is 0. The average Bonchev–Trinajstić information content (AvgIpc) is 1.86. The van der Waals surface area contributed by atoms with Crippen LogP contribution < -0.4 is 0 Å². The molecular formula is C9H16O2. The molecule has 1 atom stereocenters. The van der Waals surface area contributed by atoms with Crippen LogP contribution in [0, 0.1) is 5.92 Å². The molecule has 64 valence electrons. The van der Waals surface area contributed by atoms with E-state index in [-0.39, 0.29) is 0 Å². The molecule has 1 unspecified atom stereocenters. The maximum atomic E-state index is 5.57. The molecule has 1 aliphatic heterocycles. The van der Waals surface area contributed by atoms with Gasteiger partial charge in [-0.1, -0.05) is 13.8 Å². The third-order valence-electron chi connectivity index (χ3n) is 2.15. The first-order valence-corrected chi connectivity index (χ1v) is 4.04. The molecule has 0 bridgehead atoms. The molecule has 0 aromatic rings. The molecule has 0 aromatic heterocycles. The van der Waals surface area contributed by atoms with E-state index in [9.17, 15) is 0 Å². The normalized spacial score (nSPS) is 31.5. The van der Waals surface area contributed by atoms with Gasteiger partial charge in [0.15, 0.2) is 0 Å². The summed E-state index contributed by atoms with van der Waals surface area (Å²) in [5, 5.41) is 0. The second-order valence-electron chi connectivity index (χ2n) is 3.40. The van der Waals surface area contributed by atoms with Crippen LogP contribution in [0.5, 0.6) is 0 Å². The van der Waals surface area contributed by atoms with Crippen LogP contribution in [0.3, 0.4) is 0 Å². The summed E-state index contributed by atoms with van der Waals surface area (Å²) in [5.41, 5.74) is 0. The van der Waals surface area contributed by atoms with Crippen molar-refractivity contribution in [3.8, 4) is 0 Å². The second kappa shape index (κ2) is 2.86. The van der Waals surface area contributed by atoms with Gasteiger partial charge in [-0.15, -0.1) is 0 Å². The number of rotatable bonds is 1. The summed E-state index contributed by atoms with van der Waals surface area (Å²) in [6.45, 7) is 8.80. The van der Waals surface area contributed by atoms with Gasteiger partial charge in [0.25, 0.3) is 0 Å². The van der Waals surface area contributed by atoms with Gasteiger partial charge in [0.2, 0.25) is 5.79 Å². The van der Waals surface area contributed by atoms with Crippen LogP contribution in [0.2, 0.25) is 0 Å². The van der Waals surface area contributed by atoms with Crippen LogP contribution >= 0.6 is 0 Å². The van der Waals surface area contributed by atoms with Gasteiger partial charge in [-0.3, -0.25) is 0 Å². The van der Waals surface area contributed by atoms with E-state index < -0.39 is 5.79 Å². The highest BCUT2D eigenvalue weighted by Crippen LogP contribution is 2.28. The van der Waals surface area contributed by atoms with E-state index in [1.54, 1.807) is 0 Å². The fraction of sp³-hybridized carbons (Fsp3) is 0.778. The highest BCUT2D eigenvalue weighted by atomic mass is 16.7. The zero-order chi connectivity index (χ0) is 8.48. The van der Waals surface area contributed by atoms with Crippen LogP contribution in [-0.2, 0) is 9.47 Å². The Morgan fingerprint density at radius 3 is 2.55 bits per heavy atom. The molecule has 2 heteroatoms. The smallest absolute Gasteiger partial charge is 0.209 e. The monoisotopic (exact) mass is 156 g/mol. The second-order valence-corrected chi connectivity index (χ2v) is 3.40. The lowest BCUT2D eigenvalue weighted by molar-refractivity contribution is -0.234. The largest absolute Gasteiger partial charge is 0.467 e. The lowest BCUT2D eigenvalue weighted by Gasteiger charge is -2.36. The maximum Gasteiger partial charge on any atom is 0.209 e. The highest BCUT2D eigenvalue weighted by Gasteiger charge is 2.33. The predicted molar refractivity (Wildman–Crippen MR) is 44.0 cm³/mol. The zero-order valence-electron chi connectivity index (χ0n) is 7.68. The number of hydrogen-bond donors (Lipinski definition) is 0. The predicted octanol–water partition coefficient (Wildman–Crippen LogP) is 2.31. The topological polar surface area (TPSA) is 18.5 Å². The van der Waals surface area contributed by atoms with Gasteiger partial charge in [0, 0.05) is 12.8 Å². The number of allylic oxidation sites excluding steroid dienone is 1. The maximum absolute atomic E-state index is 5.57. The SMILES string of the molecule is CC1=CCOC(C)(C(C)C)O1. The minimum atomic E-state index is -0.418. The molecule has 1 rings (SSSR count). The van der Waals surface area contributed by atoms with Crippen molar-refractivity contribution in [1.82, 2.24) is 0 Å². The molecule has 2 nitrogen and oxygen atoms in total. The summed E-state index contributed by atoms with van der Waals surface area (Å²) < 4.78 is 11.1. The van der Waals surface area contributed by atoms with Gasteiger partial charge >= 0.3 is 0 Å². The van der Waals surface area contributed by atoms with Crippen LogP contribution in [0.1, 0.15) is 27.7 Å². The molecule has 0 saturated carbocycles. The fourth-order valence-electron chi connectivity index (χ4n) is 1.000. The summed E-state index contributed by atoms with van der Waals surface area (Å²) in [4.78, 5) is 0. The molecule has 0 saturated heterocycles. The molecule has 0 fully saturated rings. The molecule has 0 radical (unpaired) electrons. The van der Waals surface area contributed by atoms with Crippen molar-refractivity contribution in [1.29, 1.82) is 0 Å². The first-order valence-electron chi connectivity index (χ1n) is 4.04. The first kappa shape index (κ1) is 8.60. The minimum absolute atomic E-state index is 0.381. The lowest BCUT2D eigenvalue weighted by atomic mass is 10.0. The van der Waals surface area contributed by atoms with Crippen molar-refractivity contribution >= 4 is 0 Å². The summed E-state index contributed by atoms with van der Waals surface area (Å²) >= 11 is 0. The van der Waals surface area contributed by atoms with Crippen molar-refractivity contribution in [2.45, 2.75) is 33.5 Å². The molecule has 0 aromatic carbocycles. The molecule has 0 spiro atoms. The highest BCUT2D eigenvalue weighted by molar-refractivity contribution is 4.95. The molecule has 1 heterocycles. The Kier molecular flexibility index (Phi) is 2.23. The van der Waals surface area contributed by atoms with E-state index in [4.69, 9.17) is 9.47 Å². The minimum Gasteiger partial charge on any atom is -0.467 e. The molecule has 0 N–H and O–H groups in total. The molecule has 0 amide bonds. The van der Waals surface area contributed by atoms with Crippen molar-refractivity contribution in [3.63, 3.8) is 0 Å². The molecule has 0 aliphatic carbocycles. The first-order chi connectivity index (χ1) is 5.04. The van der Waals surface area contributed by atoms with Crippen molar-refractivity contribution in [2.24, 2.45) is 5.92 Å². The fourth-order valence-corrected chi connectivity index (χ4v) is 1.000. The van der Waals surface area contributed by atoms with Crippen LogP contribution in [0.4, 0.5) is 0 Å². The number of ether oxygens (including phenoxy) is 2. The standard InChI is InChI=1S/C9H16O2/c1-7(2)9(4)10-6-5-8(3)11-9/h5,7H,6H2,1-4H3. The Labute approximate surface area is 68.2 Å². The average molecular weight is 156 g/mol. The van der Waals surface area contributed by atoms with Gasteiger partial charge in [0.05, 0.1) is 12.4 Å². The Bertz CT molecular complexity index is 172. The van der Waals surface area contributed by atoms with Gasteiger partial charge < -0.3 is 9.47 Å². The quantitative estimate of drug-likeness (QED) is 0.580. The van der Waals surface area contributed by atoms with Gasteiger partial charge in [0.1, 0.15) is 0 Å². The van der Waals surface area contributed by atoms with Crippen molar-refractivity contribution < 1.29 is 9.47 Å². The molecule has 1 aliphatic rings. The van der Waals surface area contributed by atoms with Crippen molar-refractivity contribution in [2.75, 3.05) is 6.61 Å². The third-order valence-corrected chi connectivity index (χ3v) is 2.15. The summed E-state index contributed by atoms with van der Waals surface area (Å²) in [6.07, 6.45) is 1.95. The number of hydrogen-bond acceptors (Lipinski definition) is 2. The van der Waals surface area contributed by atoms with E-state index in [0.29, 0.717) is 12.5 Å². The van der Waals surface area contributed by atoms with E-state index in [1.165, 1.54) is 0 Å². The van der Waals surface area contributed by atoms with Crippen LogP contribution in [0.25, 0.3) is 0 Å². The Morgan fingerprint density at radius 1 is 1.55 bits per heavy atom. The molecule has 11 heavy (non-hydrogen) atoms. The van der Waals surface area contributed by atoms with Crippen LogP contribution in [-0.4, -0.2) is 12.4 Å². The van der Waals surface area contributed by atoms with E-state index in [0.717, 1.165) is 5.76 Å². The van der Waals surface area contributed by atoms with Gasteiger partial charge in [-0.25, -0.2) is 0 Å². The van der Waals surface area contributed by atoms with E-state index in [1.807, 2.05) is 19.9 Å². The summed E-state index contributed by atoms with van der Waals surface area (Å²) in [7, 11) is 0.